The predicted octanol–water partition coefficient (Wildman–Crippen LogP) is 3.62. The minimum atomic E-state index is -2.28. The Bertz CT molecular complexity index is 1110. The fourth-order valence-corrected chi connectivity index (χ4v) is 4.84. The number of carbonyl (C=O) groups is 1. The van der Waals surface area contributed by atoms with Crippen molar-refractivity contribution in [2.24, 2.45) is 5.73 Å². The Morgan fingerprint density at radius 3 is 2.43 bits per heavy atom. The van der Waals surface area contributed by atoms with Crippen molar-refractivity contribution in [2.45, 2.75) is 11.0 Å². The number of thiol groups is 1. The van der Waals surface area contributed by atoms with Gasteiger partial charge in [-0.2, -0.15) is 4.31 Å². The fraction of sp³-hybridized carbons (Fsp3) is 0.0952. The van der Waals surface area contributed by atoms with Gasteiger partial charge in [0.25, 0.3) is 0 Å². The summed E-state index contributed by atoms with van der Waals surface area (Å²) in [6.45, 7) is -0.339. The summed E-state index contributed by atoms with van der Waals surface area (Å²) in [5.74, 6) is -0.685. The third-order valence-corrected chi connectivity index (χ3v) is 6.47. The van der Waals surface area contributed by atoms with Gasteiger partial charge >= 0.3 is 0 Å². The highest BCUT2D eigenvalue weighted by Gasteiger charge is 2.29. The summed E-state index contributed by atoms with van der Waals surface area (Å²) in [7, 11) is -2.28. The maximum atomic E-state index is 13.4. The van der Waals surface area contributed by atoms with E-state index in [1.807, 2.05) is 0 Å². The van der Waals surface area contributed by atoms with Crippen molar-refractivity contribution < 1.29 is 14.1 Å². The fourth-order valence-electron chi connectivity index (χ4n) is 3.02. The van der Waals surface area contributed by atoms with Gasteiger partial charge in [-0.1, -0.05) is 51.7 Å². The second-order valence-electron chi connectivity index (χ2n) is 6.52. The lowest BCUT2D eigenvalue weighted by Gasteiger charge is -2.23. The van der Waals surface area contributed by atoms with Crippen molar-refractivity contribution in [3.05, 3.63) is 87.9 Å². The number of nitrogens with zero attached hydrogens (tertiary/aromatic N) is 1. The van der Waals surface area contributed by atoms with Crippen LogP contribution in [-0.4, -0.2) is 17.6 Å². The van der Waals surface area contributed by atoms with Crippen LogP contribution >= 0.6 is 23.2 Å². The number of hydrogen-bond acceptors (Lipinski definition) is 4. The van der Waals surface area contributed by atoms with Crippen molar-refractivity contribution in [2.75, 3.05) is 16.6 Å². The molecular formula is C21H20Cl2N3O3S+. The van der Waals surface area contributed by atoms with Crippen LogP contribution < -0.4 is 15.8 Å². The van der Waals surface area contributed by atoms with E-state index < -0.39 is 23.0 Å². The first-order valence-electron chi connectivity index (χ1n) is 8.88. The lowest BCUT2D eigenvalue weighted by atomic mass is 9.99. The molecule has 0 spiro atoms. The lowest BCUT2D eigenvalue weighted by molar-refractivity contribution is -0.116. The van der Waals surface area contributed by atoms with E-state index in [0.29, 0.717) is 37.4 Å². The number of halogens is 2. The number of nitrogens with two attached hydrogens (primary N) is 2. The molecule has 30 heavy (non-hydrogen) atoms. The lowest BCUT2D eigenvalue weighted by Crippen LogP contribution is -2.36. The van der Waals surface area contributed by atoms with Gasteiger partial charge in [-0.15, -0.1) is 0 Å². The normalized spacial score (nSPS) is 12.9. The Kier molecular flexibility index (Phi) is 6.99. The number of nitrogen functional groups attached to an aromatic ring is 1. The zero-order chi connectivity index (χ0) is 21.8. The molecule has 0 fully saturated rings. The molecule has 0 aliphatic carbocycles. The van der Waals surface area contributed by atoms with Gasteiger partial charge in [-0.05, 0) is 36.4 Å². The maximum Gasteiger partial charge on any atom is 0.241 e. The SMILES string of the molecule is NC(=O)CN(c1ccc(Cl)cc1C(O)c1ccccc1Cl)[SH+](=O)c1cccc(N)c1. The van der Waals surface area contributed by atoms with E-state index in [1.54, 1.807) is 66.7 Å². The number of benzene rings is 3. The number of carbonyl (C=O) groups excluding carboxylic acids is 1. The first-order valence-corrected chi connectivity index (χ1v) is 10.8. The maximum absolute atomic E-state index is 13.4. The molecule has 3 rings (SSSR count). The molecule has 0 saturated heterocycles. The molecule has 156 valence electrons. The van der Waals surface area contributed by atoms with Crippen LogP contribution in [0.4, 0.5) is 11.4 Å². The van der Waals surface area contributed by atoms with Gasteiger partial charge in [-0.25, -0.2) is 0 Å². The highest BCUT2D eigenvalue weighted by atomic mass is 35.5. The Balaban J connectivity index is 2.13. The van der Waals surface area contributed by atoms with Crippen LogP contribution in [0.2, 0.25) is 10.0 Å². The van der Waals surface area contributed by atoms with E-state index in [0.717, 1.165) is 0 Å². The second kappa shape index (κ2) is 9.49. The largest absolute Gasteiger partial charge is 0.399 e. The third-order valence-electron chi connectivity index (χ3n) is 4.38. The summed E-state index contributed by atoms with van der Waals surface area (Å²) in [5.41, 5.74) is 12.8. The van der Waals surface area contributed by atoms with E-state index >= 15 is 0 Å². The third kappa shape index (κ3) is 4.94. The number of rotatable bonds is 7. The number of anilines is 2. The minimum Gasteiger partial charge on any atom is -0.399 e. The Labute approximate surface area is 186 Å². The molecular weight excluding hydrogens is 445 g/mol. The van der Waals surface area contributed by atoms with Gasteiger partial charge in [0, 0.05) is 32.9 Å². The van der Waals surface area contributed by atoms with E-state index in [4.69, 9.17) is 34.7 Å². The quantitative estimate of drug-likeness (QED) is 0.281. The topological polar surface area (TPSA) is 110 Å². The van der Waals surface area contributed by atoms with Crippen LogP contribution in [0.3, 0.4) is 0 Å². The molecule has 0 aliphatic heterocycles. The van der Waals surface area contributed by atoms with Crippen LogP contribution in [0.1, 0.15) is 17.2 Å². The summed E-state index contributed by atoms with van der Waals surface area (Å²) >= 11 is 12.4. The molecule has 3 aromatic rings. The number of aliphatic hydroxyl groups excluding tert-OH is 1. The molecule has 0 aromatic heterocycles. The van der Waals surface area contributed by atoms with Gasteiger partial charge in [-0.3, -0.25) is 4.79 Å². The van der Waals surface area contributed by atoms with Crippen LogP contribution in [0, 0.1) is 0 Å². The molecule has 0 radical (unpaired) electrons. The molecule has 3 aromatic carbocycles. The molecule has 6 nitrogen and oxygen atoms in total. The number of aliphatic hydroxyl groups is 1. The highest BCUT2D eigenvalue weighted by Crippen LogP contribution is 2.37. The van der Waals surface area contributed by atoms with Gasteiger partial charge in [0.1, 0.15) is 12.6 Å². The monoisotopic (exact) mass is 464 g/mol. The van der Waals surface area contributed by atoms with Crippen LogP contribution in [0.25, 0.3) is 0 Å². The molecule has 2 unspecified atom stereocenters. The smallest absolute Gasteiger partial charge is 0.241 e. The minimum absolute atomic E-state index is 0.337. The van der Waals surface area contributed by atoms with Gasteiger partial charge in [0.05, 0.1) is 5.69 Å². The van der Waals surface area contributed by atoms with E-state index in [-0.39, 0.29) is 6.54 Å². The molecule has 0 saturated carbocycles. The van der Waals surface area contributed by atoms with E-state index in [1.165, 1.54) is 4.31 Å². The second-order valence-corrected chi connectivity index (χ2v) is 8.91. The molecule has 0 aliphatic rings. The number of primary amides is 1. The molecule has 9 heteroatoms. The molecule has 0 heterocycles. The van der Waals surface area contributed by atoms with Gasteiger partial charge < -0.3 is 16.6 Å². The van der Waals surface area contributed by atoms with Crippen LogP contribution in [-0.2, 0) is 20.0 Å². The number of hydrogen-bond donors (Lipinski definition) is 3. The van der Waals surface area contributed by atoms with Crippen molar-refractivity contribution in [3.63, 3.8) is 0 Å². The zero-order valence-corrected chi connectivity index (χ0v) is 18.1. The van der Waals surface area contributed by atoms with Crippen molar-refractivity contribution in [1.29, 1.82) is 0 Å². The standard InChI is InChI=1S/C21H19Cl2N3O3S/c22-13-8-9-19(17(10-13)21(28)16-6-1-2-7-18(16)23)26(12-20(25)27)30(29)15-5-3-4-14(24)11-15/h1-11,21,28H,12,24H2,(H2,25,27)/p+1. The van der Waals surface area contributed by atoms with Crippen molar-refractivity contribution in [1.82, 2.24) is 0 Å². The van der Waals surface area contributed by atoms with Gasteiger partial charge in [0.15, 0.2) is 15.9 Å². The zero-order valence-electron chi connectivity index (χ0n) is 15.7. The molecule has 2 atom stereocenters. The summed E-state index contributed by atoms with van der Waals surface area (Å²) in [5, 5.41) is 11.8. The Hall–Kier alpha value is -2.58. The predicted molar refractivity (Wildman–Crippen MR) is 122 cm³/mol. The van der Waals surface area contributed by atoms with Crippen molar-refractivity contribution in [3.8, 4) is 0 Å². The summed E-state index contributed by atoms with van der Waals surface area (Å²) in [4.78, 5) is 12.2. The molecule has 0 bridgehead atoms. The summed E-state index contributed by atoms with van der Waals surface area (Å²) in [6.07, 6.45) is -1.17. The highest BCUT2D eigenvalue weighted by molar-refractivity contribution is 7.86. The Morgan fingerprint density at radius 2 is 1.77 bits per heavy atom. The van der Waals surface area contributed by atoms with Crippen LogP contribution in [0.5, 0.6) is 0 Å². The average molecular weight is 465 g/mol. The molecule has 1 amide bonds. The average Bonchev–Trinajstić information content (AvgIpc) is 2.71. The van der Waals surface area contributed by atoms with E-state index in [2.05, 4.69) is 0 Å². The Morgan fingerprint density at radius 1 is 1.03 bits per heavy atom. The summed E-state index contributed by atoms with van der Waals surface area (Å²) in [6, 6.07) is 18.1. The first kappa shape index (κ1) is 22.1. The van der Waals surface area contributed by atoms with E-state index in [9.17, 15) is 14.1 Å². The summed E-state index contributed by atoms with van der Waals surface area (Å²) < 4.78 is 14.7. The first-order chi connectivity index (χ1) is 14.3. The van der Waals surface area contributed by atoms with Gasteiger partial charge in [0.2, 0.25) is 5.91 Å². The van der Waals surface area contributed by atoms with Crippen molar-refractivity contribution >= 4 is 51.5 Å². The molecule has 5 N–H and O–H groups in total. The van der Waals surface area contributed by atoms with Crippen LogP contribution in [0.15, 0.2) is 71.6 Å². The number of amides is 1.